The molecule has 0 amide bonds. The monoisotopic (exact) mass is 351 g/mol. The first-order chi connectivity index (χ1) is 12.6. The summed E-state index contributed by atoms with van der Waals surface area (Å²) in [5.74, 6) is 0.470. The van der Waals surface area contributed by atoms with Crippen molar-refractivity contribution in [3.63, 3.8) is 0 Å². The number of anilines is 1. The lowest BCUT2D eigenvalue weighted by Gasteiger charge is -2.37. The molecule has 2 aromatic rings. The van der Waals surface area contributed by atoms with Crippen LogP contribution in [0.1, 0.15) is 36.5 Å². The normalized spacial score (nSPS) is 17.1. The van der Waals surface area contributed by atoms with Crippen LogP contribution in [0.25, 0.3) is 0 Å². The minimum absolute atomic E-state index is 0.00115. The predicted octanol–water partition coefficient (Wildman–Crippen LogP) is 4.03. The molecule has 0 radical (unpaired) electrons. The van der Waals surface area contributed by atoms with Gasteiger partial charge in [-0.1, -0.05) is 43.3 Å². The van der Waals surface area contributed by atoms with Crippen molar-refractivity contribution in [3.05, 3.63) is 65.2 Å². The molecule has 1 saturated heterocycles. The fourth-order valence-electron chi connectivity index (χ4n) is 3.74. The minimum Gasteiger partial charge on any atom is -0.381 e. The standard InChI is InChI=1S/C22H29N3O/c1-3-18-8-6-9-19(15-18)25-21(23)24-16-22(11-13-26-14-12-22)20-10-5-4-7-17(20)2/h4-10,15H,3,11-14,16H2,1-2H3,(H3,23,24,25). The smallest absolute Gasteiger partial charge is 0.193 e. The average molecular weight is 351 g/mol. The van der Waals surface area contributed by atoms with Gasteiger partial charge in [-0.15, -0.1) is 0 Å². The number of guanidine groups is 1. The summed E-state index contributed by atoms with van der Waals surface area (Å²) in [5.41, 5.74) is 11.1. The van der Waals surface area contributed by atoms with Gasteiger partial charge in [0.15, 0.2) is 5.96 Å². The Morgan fingerprint density at radius 1 is 1.15 bits per heavy atom. The summed E-state index contributed by atoms with van der Waals surface area (Å²) in [6.45, 7) is 6.54. The molecule has 3 rings (SSSR count). The number of aryl methyl sites for hydroxylation is 2. The highest BCUT2D eigenvalue weighted by atomic mass is 16.5. The molecule has 1 aliphatic heterocycles. The van der Waals surface area contributed by atoms with E-state index in [1.807, 2.05) is 12.1 Å². The molecule has 2 aromatic carbocycles. The fourth-order valence-corrected chi connectivity index (χ4v) is 3.74. The number of hydrogen-bond donors (Lipinski definition) is 2. The van der Waals surface area contributed by atoms with Crippen molar-refractivity contribution in [3.8, 4) is 0 Å². The molecule has 0 unspecified atom stereocenters. The van der Waals surface area contributed by atoms with Crippen LogP contribution in [0.3, 0.4) is 0 Å². The van der Waals surface area contributed by atoms with Crippen LogP contribution in [0, 0.1) is 6.92 Å². The predicted molar refractivity (Wildman–Crippen MR) is 109 cm³/mol. The van der Waals surface area contributed by atoms with Crippen LogP contribution in [0.5, 0.6) is 0 Å². The van der Waals surface area contributed by atoms with E-state index in [9.17, 15) is 0 Å². The van der Waals surface area contributed by atoms with E-state index in [1.54, 1.807) is 0 Å². The van der Waals surface area contributed by atoms with E-state index in [-0.39, 0.29) is 5.41 Å². The SMILES string of the molecule is CCc1cccc(NC(N)=NCC2(c3ccccc3C)CCOCC2)c1. The quantitative estimate of drug-likeness (QED) is 0.631. The van der Waals surface area contributed by atoms with Crippen molar-refractivity contribution in [2.45, 2.75) is 38.5 Å². The van der Waals surface area contributed by atoms with Gasteiger partial charge in [0.05, 0.1) is 6.54 Å². The third kappa shape index (κ3) is 4.25. The summed E-state index contributed by atoms with van der Waals surface area (Å²) in [4.78, 5) is 4.72. The molecule has 3 N–H and O–H groups in total. The Balaban J connectivity index is 1.78. The highest BCUT2D eigenvalue weighted by Gasteiger charge is 2.35. The van der Waals surface area contributed by atoms with Crippen LogP contribution in [-0.2, 0) is 16.6 Å². The fraction of sp³-hybridized carbons (Fsp3) is 0.409. The molecule has 4 nitrogen and oxygen atoms in total. The van der Waals surface area contributed by atoms with Crippen LogP contribution in [0.15, 0.2) is 53.5 Å². The zero-order valence-corrected chi connectivity index (χ0v) is 15.8. The van der Waals surface area contributed by atoms with Gasteiger partial charge < -0.3 is 15.8 Å². The largest absolute Gasteiger partial charge is 0.381 e. The maximum atomic E-state index is 6.20. The third-order valence-corrected chi connectivity index (χ3v) is 5.33. The lowest BCUT2D eigenvalue weighted by molar-refractivity contribution is 0.0529. The highest BCUT2D eigenvalue weighted by Crippen LogP contribution is 2.37. The second-order valence-electron chi connectivity index (χ2n) is 7.09. The van der Waals surface area contributed by atoms with Gasteiger partial charge in [0.2, 0.25) is 0 Å². The second kappa shape index (κ2) is 8.37. The van der Waals surface area contributed by atoms with Crippen molar-refractivity contribution in [1.29, 1.82) is 0 Å². The number of benzene rings is 2. The van der Waals surface area contributed by atoms with E-state index in [4.69, 9.17) is 15.5 Å². The number of nitrogens with zero attached hydrogens (tertiary/aromatic N) is 1. The van der Waals surface area contributed by atoms with E-state index in [1.165, 1.54) is 16.7 Å². The first kappa shape index (κ1) is 18.5. The molecule has 0 saturated carbocycles. The lowest BCUT2D eigenvalue weighted by atomic mass is 9.72. The molecular formula is C22H29N3O. The van der Waals surface area contributed by atoms with Crippen molar-refractivity contribution < 1.29 is 4.74 Å². The molecule has 1 fully saturated rings. The van der Waals surface area contributed by atoms with E-state index < -0.39 is 0 Å². The third-order valence-electron chi connectivity index (χ3n) is 5.33. The number of rotatable bonds is 5. The molecular weight excluding hydrogens is 322 g/mol. The summed E-state index contributed by atoms with van der Waals surface area (Å²) >= 11 is 0. The molecule has 138 valence electrons. The number of hydrogen-bond acceptors (Lipinski definition) is 2. The number of ether oxygens (including phenoxy) is 1. The molecule has 0 atom stereocenters. The minimum atomic E-state index is 0.00115. The Hall–Kier alpha value is -2.33. The van der Waals surface area contributed by atoms with Gasteiger partial charge in [-0.05, 0) is 55.0 Å². The maximum Gasteiger partial charge on any atom is 0.193 e. The highest BCUT2D eigenvalue weighted by molar-refractivity contribution is 5.92. The average Bonchev–Trinajstić information content (AvgIpc) is 2.67. The summed E-state index contributed by atoms with van der Waals surface area (Å²) < 4.78 is 5.62. The molecule has 1 aliphatic rings. The molecule has 26 heavy (non-hydrogen) atoms. The van der Waals surface area contributed by atoms with Gasteiger partial charge in [0, 0.05) is 24.3 Å². The zero-order chi connectivity index (χ0) is 18.4. The molecule has 0 aromatic heterocycles. The van der Waals surface area contributed by atoms with Crippen LogP contribution in [0.4, 0.5) is 5.69 Å². The molecule has 0 aliphatic carbocycles. The molecule has 0 spiro atoms. The van der Waals surface area contributed by atoms with Gasteiger partial charge in [-0.25, -0.2) is 0 Å². The Morgan fingerprint density at radius 3 is 2.65 bits per heavy atom. The Morgan fingerprint density at radius 2 is 1.92 bits per heavy atom. The second-order valence-corrected chi connectivity index (χ2v) is 7.09. The topological polar surface area (TPSA) is 59.6 Å². The van der Waals surface area contributed by atoms with E-state index in [0.717, 1.165) is 38.2 Å². The Kier molecular flexibility index (Phi) is 5.94. The number of aliphatic imine (C=N–C) groups is 1. The molecule has 1 heterocycles. The number of nitrogens with one attached hydrogen (secondary N) is 1. The van der Waals surface area contributed by atoms with E-state index in [2.05, 4.69) is 55.6 Å². The van der Waals surface area contributed by atoms with Crippen LogP contribution in [0.2, 0.25) is 0 Å². The van der Waals surface area contributed by atoms with Gasteiger partial charge in [-0.3, -0.25) is 4.99 Å². The Labute approximate surface area is 156 Å². The van der Waals surface area contributed by atoms with Crippen LogP contribution in [-0.4, -0.2) is 25.7 Å². The summed E-state index contributed by atoms with van der Waals surface area (Å²) in [7, 11) is 0. The van der Waals surface area contributed by atoms with Crippen molar-refractivity contribution in [2.75, 3.05) is 25.1 Å². The first-order valence-corrected chi connectivity index (χ1v) is 9.43. The lowest BCUT2D eigenvalue weighted by Crippen LogP contribution is -2.38. The Bertz CT molecular complexity index is 763. The number of nitrogens with two attached hydrogens (primary N) is 1. The molecule has 0 bridgehead atoms. The van der Waals surface area contributed by atoms with Crippen molar-refractivity contribution in [2.24, 2.45) is 10.7 Å². The summed E-state index contributed by atoms with van der Waals surface area (Å²) in [6.07, 6.45) is 2.95. The van der Waals surface area contributed by atoms with Crippen LogP contribution >= 0.6 is 0 Å². The van der Waals surface area contributed by atoms with Gasteiger partial charge in [-0.2, -0.15) is 0 Å². The maximum absolute atomic E-state index is 6.20. The van der Waals surface area contributed by atoms with E-state index in [0.29, 0.717) is 12.5 Å². The van der Waals surface area contributed by atoms with Gasteiger partial charge in [0.1, 0.15) is 0 Å². The first-order valence-electron chi connectivity index (χ1n) is 9.43. The van der Waals surface area contributed by atoms with Gasteiger partial charge >= 0.3 is 0 Å². The van der Waals surface area contributed by atoms with E-state index >= 15 is 0 Å². The van der Waals surface area contributed by atoms with Crippen molar-refractivity contribution in [1.82, 2.24) is 0 Å². The summed E-state index contributed by atoms with van der Waals surface area (Å²) in [6, 6.07) is 16.9. The zero-order valence-electron chi connectivity index (χ0n) is 15.8. The van der Waals surface area contributed by atoms with Gasteiger partial charge in [0.25, 0.3) is 0 Å². The summed E-state index contributed by atoms with van der Waals surface area (Å²) in [5, 5.41) is 3.24. The van der Waals surface area contributed by atoms with Crippen LogP contribution < -0.4 is 11.1 Å². The van der Waals surface area contributed by atoms with Crippen molar-refractivity contribution >= 4 is 11.6 Å². The molecule has 4 heteroatoms.